The fraction of sp³-hybridized carbons (Fsp3) is 0.167. The van der Waals surface area contributed by atoms with Gasteiger partial charge in [0, 0.05) is 5.02 Å². The number of aromatic nitrogens is 1. The van der Waals surface area contributed by atoms with E-state index in [1.807, 2.05) is 13.0 Å². The van der Waals surface area contributed by atoms with E-state index in [2.05, 4.69) is 21.1 Å². The molecule has 0 bridgehead atoms. The van der Waals surface area contributed by atoms with E-state index in [1.165, 1.54) is 0 Å². The van der Waals surface area contributed by atoms with Crippen LogP contribution in [0, 0.1) is 18.3 Å². The minimum absolute atomic E-state index is 0.185. The molecule has 4 nitrogen and oxygen atoms in total. The maximum Gasteiger partial charge on any atom is 0.198 e. The smallest absolute Gasteiger partial charge is 0.198 e. The number of rotatable bonds is 2. The second-order valence-electron chi connectivity index (χ2n) is 3.59. The maximum absolute atomic E-state index is 8.85. The fourth-order valence-corrected chi connectivity index (χ4v) is 2.41. The van der Waals surface area contributed by atoms with Gasteiger partial charge in [0.15, 0.2) is 11.5 Å². The topological polar surface area (TPSA) is 59.1 Å². The highest BCUT2D eigenvalue weighted by Crippen LogP contribution is 2.40. The summed E-state index contributed by atoms with van der Waals surface area (Å²) in [6.45, 7) is 1.88. The van der Waals surface area contributed by atoms with Crippen molar-refractivity contribution in [3.8, 4) is 23.1 Å². The molecule has 6 heteroatoms. The number of hydrogen-bond acceptors (Lipinski definition) is 4. The minimum Gasteiger partial charge on any atom is -0.496 e. The average molecular weight is 328 g/mol. The van der Waals surface area contributed by atoms with Gasteiger partial charge in [0.25, 0.3) is 0 Å². The Bertz CT molecular complexity index is 646. The molecule has 0 aliphatic carbocycles. The van der Waals surface area contributed by atoms with Gasteiger partial charge < -0.3 is 9.26 Å². The van der Waals surface area contributed by atoms with Gasteiger partial charge in [-0.25, -0.2) is 0 Å². The molecule has 2 rings (SSSR count). The van der Waals surface area contributed by atoms with Gasteiger partial charge in [0.2, 0.25) is 0 Å². The molecule has 0 saturated carbocycles. The van der Waals surface area contributed by atoms with Crippen molar-refractivity contribution in [1.82, 2.24) is 5.16 Å². The van der Waals surface area contributed by atoms with Crippen LogP contribution in [0.15, 0.2) is 21.1 Å². The predicted molar refractivity (Wildman–Crippen MR) is 70.7 cm³/mol. The number of aryl methyl sites for hydroxylation is 1. The van der Waals surface area contributed by atoms with Crippen molar-refractivity contribution in [3.63, 3.8) is 0 Å². The van der Waals surface area contributed by atoms with Crippen LogP contribution in [0.4, 0.5) is 0 Å². The Balaban J connectivity index is 2.70. The summed E-state index contributed by atoms with van der Waals surface area (Å²) in [5, 5.41) is 13.1. The molecule has 1 aromatic carbocycles. The van der Waals surface area contributed by atoms with Crippen molar-refractivity contribution in [2.75, 3.05) is 7.11 Å². The van der Waals surface area contributed by atoms with Gasteiger partial charge in [0.1, 0.15) is 16.3 Å². The van der Waals surface area contributed by atoms with Gasteiger partial charge in [0.05, 0.1) is 12.7 Å². The molecular formula is C12H8BrClN2O2. The van der Waals surface area contributed by atoms with Gasteiger partial charge in [-0.3, -0.25) is 0 Å². The van der Waals surface area contributed by atoms with Gasteiger partial charge in [-0.1, -0.05) is 16.8 Å². The third kappa shape index (κ3) is 2.09. The summed E-state index contributed by atoms with van der Waals surface area (Å²) in [6.07, 6.45) is 0. The first-order valence-corrected chi connectivity index (χ1v) is 6.15. The number of methoxy groups -OCH3 is 1. The van der Waals surface area contributed by atoms with Crippen molar-refractivity contribution >= 4 is 27.5 Å². The van der Waals surface area contributed by atoms with E-state index in [4.69, 9.17) is 26.1 Å². The number of halogens is 2. The fourth-order valence-electron chi connectivity index (χ4n) is 1.69. The highest BCUT2D eigenvalue weighted by molar-refractivity contribution is 9.10. The van der Waals surface area contributed by atoms with Crippen LogP contribution in [-0.2, 0) is 0 Å². The number of ether oxygens (including phenoxy) is 1. The molecule has 0 radical (unpaired) electrons. The third-order valence-electron chi connectivity index (χ3n) is 2.43. The number of nitrogens with zero attached hydrogens (tertiary/aromatic N) is 2. The van der Waals surface area contributed by atoms with E-state index < -0.39 is 0 Å². The monoisotopic (exact) mass is 326 g/mol. The van der Waals surface area contributed by atoms with Crippen LogP contribution in [0.25, 0.3) is 11.3 Å². The van der Waals surface area contributed by atoms with Gasteiger partial charge in [-0.2, -0.15) is 5.26 Å². The molecule has 2 aromatic rings. The lowest BCUT2D eigenvalue weighted by Crippen LogP contribution is -1.91. The van der Waals surface area contributed by atoms with Gasteiger partial charge in [-0.05, 0) is 40.5 Å². The second-order valence-corrected chi connectivity index (χ2v) is 4.82. The lowest BCUT2D eigenvalue weighted by Gasteiger charge is -2.10. The molecule has 18 heavy (non-hydrogen) atoms. The normalized spacial score (nSPS) is 10.2. The Kier molecular flexibility index (Phi) is 3.60. The molecule has 92 valence electrons. The summed E-state index contributed by atoms with van der Waals surface area (Å²) < 4.78 is 11.0. The summed E-state index contributed by atoms with van der Waals surface area (Å²) in [5.41, 5.74) is 1.72. The second kappa shape index (κ2) is 5.01. The molecule has 0 saturated heterocycles. The Morgan fingerprint density at radius 3 is 2.78 bits per heavy atom. The molecule has 0 aliphatic heterocycles. The van der Waals surface area contributed by atoms with Crippen LogP contribution in [0.3, 0.4) is 0 Å². The summed E-state index contributed by atoms with van der Waals surface area (Å²) >= 11 is 9.31. The summed E-state index contributed by atoms with van der Waals surface area (Å²) in [6, 6.07) is 5.43. The molecule has 1 heterocycles. The van der Waals surface area contributed by atoms with Crippen molar-refractivity contribution in [3.05, 3.63) is 32.9 Å². The molecule has 0 unspecified atom stereocenters. The minimum atomic E-state index is 0.185. The van der Waals surface area contributed by atoms with Crippen molar-refractivity contribution < 1.29 is 9.26 Å². The Labute approximate surface area is 117 Å². The molecule has 0 N–H and O–H groups in total. The maximum atomic E-state index is 8.85. The van der Waals surface area contributed by atoms with Crippen molar-refractivity contribution in [2.24, 2.45) is 0 Å². The third-order valence-corrected chi connectivity index (χ3v) is 3.38. The quantitative estimate of drug-likeness (QED) is 0.838. The van der Waals surface area contributed by atoms with Crippen LogP contribution in [0.1, 0.15) is 11.3 Å². The van der Waals surface area contributed by atoms with E-state index >= 15 is 0 Å². The Hall–Kier alpha value is -1.51. The zero-order chi connectivity index (χ0) is 13.3. The number of hydrogen-bond donors (Lipinski definition) is 0. The van der Waals surface area contributed by atoms with E-state index in [-0.39, 0.29) is 5.69 Å². The molecule has 0 aliphatic rings. The SMILES string of the molecule is COc1c(C)cc(Cl)cc1-c1onc(C#N)c1Br. The first kappa shape index (κ1) is 12.9. The zero-order valence-electron chi connectivity index (χ0n) is 9.62. The van der Waals surface area contributed by atoms with Crippen LogP contribution >= 0.6 is 27.5 Å². The summed E-state index contributed by atoms with van der Waals surface area (Å²) in [7, 11) is 1.56. The Morgan fingerprint density at radius 2 is 2.22 bits per heavy atom. The summed E-state index contributed by atoms with van der Waals surface area (Å²) in [4.78, 5) is 0. The van der Waals surface area contributed by atoms with E-state index in [0.29, 0.717) is 26.6 Å². The van der Waals surface area contributed by atoms with Gasteiger partial charge >= 0.3 is 0 Å². The standard InChI is InChI=1S/C12H8BrClN2O2/c1-6-3-7(14)4-8(11(6)17-2)12-10(13)9(5-15)16-18-12/h3-4H,1-2H3. The predicted octanol–water partition coefficient (Wildman–Crippen LogP) is 3.95. The number of benzene rings is 1. The van der Waals surface area contributed by atoms with E-state index in [9.17, 15) is 0 Å². The number of nitriles is 1. The first-order valence-electron chi connectivity index (χ1n) is 4.98. The molecule has 0 fully saturated rings. The lowest BCUT2D eigenvalue weighted by atomic mass is 10.1. The summed E-state index contributed by atoms with van der Waals surface area (Å²) in [5.74, 6) is 1.06. The van der Waals surface area contributed by atoms with Crippen molar-refractivity contribution in [2.45, 2.75) is 6.92 Å². The molecule has 1 aromatic heterocycles. The molecule has 0 atom stereocenters. The highest BCUT2D eigenvalue weighted by Gasteiger charge is 2.20. The Morgan fingerprint density at radius 1 is 1.50 bits per heavy atom. The molecule has 0 spiro atoms. The first-order chi connectivity index (χ1) is 8.58. The van der Waals surface area contributed by atoms with Crippen LogP contribution < -0.4 is 4.74 Å². The van der Waals surface area contributed by atoms with Crippen molar-refractivity contribution in [1.29, 1.82) is 5.26 Å². The van der Waals surface area contributed by atoms with Gasteiger partial charge in [-0.15, -0.1) is 0 Å². The molecule has 0 amide bonds. The lowest BCUT2D eigenvalue weighted by molar-refractivity contribution is 0.403. The highest BCUT2D eigenvalue weighted by atomic mass is 79.9. The van der Waals surface area contributed by atoms with Crippen LogP contribution in [0.5, 0.6) is 5.75 Å². The van der Waals surface area contributed by atoms with Crippen LogP contribution in [-0.4, -0.2) is 12.3 Å². The van der Waals surface area contributed by atoms with E-state index in [0.717, 1.165) is 5.56 Å². The van der Waals surface area contributed by atoms with Crippen LogP contribution in [0.2, 0.25) is 5.02 Å². The molecular weight excluding hydrogens is 320 g/mol. The average Bonchev–Trinajstić information content (AvgIpc) is 2.69. The largest absolute Gasteiger partial charge is 0.496 e. The van der Waals surface area contributed by atoms with E-state index in [1.54, 1.807) is 19.2 Å². The zero-order valence-corrected chi connectivity index (χ0v) is 12.0.